The monoisotopic (exact) mass is 894 g/mol. The molecule has 0 saturated heterocycles. The van der Waals surface area contributed by atoms with E-state index in [9.17, 15) is 29.4 Å². The van der Waals surface area contributed by atoms with Gasteiger partial charge in [0.1, 0.15) is 23.0 Å². The lowest BCUT2D eigenvalue weighted by molar-refractivity contribution is -0.187. The molecule has 0 aliphatic heterocycles. The topological polar surface area (TPSA) is 134 Å². The molecule has 10 nitrogen and oxygen atoms in total. The number of thioether (sulfide) groups is 2. The number of hydrogen-bond acceptors (Lipinski definition) is 8. The lowest BCUT2D eigenvalue weighted by Crippen LogP contribution is -2.64. The zero-order valence-corrected chi connectivity index (χ0v) is 36.8. The molecule has 6 aromatic carbocycles. The number of ether oxygens (including phenoxy) is 2. The van der Waals surface area contributed by atoms with Crippen molar-refractivity contribution < 1.29 is 38.9 Å². The zero-order valence-electron chi connectivity index (χ0n) is 35.2. The maximum Gasteiger partial charge on any atom is 0.308 e. The molecule has 2 amide bonds. The van der Waals surface area contributed by atoms with Crippen molar-refractivity contribution in [3.05, 3.63) is 192 Å². The van der Waals surface area contributed by atoms with Gasteiger partial charge in [-0.05, 0) is 70.8 Å². The number of carboxylic acids is 2. The SMILES string of the molecule is O=C(O)[C@H]1[C@H](C(=O)N(CCSCc2ccccc2)Cc2ccc(Oc3ccccc3)cc2)[C@H](C(=O)O)[C@H]1C(=O)N(CCSCc1ccccc1)Cc1ccc(Oc2ccccc2)cc1. The smallest absolute Gasteiger partial charge is 0.308 e. The van der Waals surface area contributed by atoms with E-state index in [2.05, 4.69) is 0 Å². The van der Waals surface area contributed by atoms with Crippen molar-refractivity contribution in [3.8, 4) is 23.0 Å². The van der Waals surface area contributed by atoms with Gasteiger partial charge in [-0.3, -0.25) is 19.2 Å². The molecule has 64 heavy (non-hydrogen) atoms. The zero-order chi connectivity index (χ0) is 44.7. The summed E-state index contributed by atoms with van der Waals surface area (Å²) in [7, 11) is 0. The molecule has 1 aliphatic rings. The first kappa shape index (κ1) is 45.5. The van der Waals surface area contributed by atoms with Gasteiger partial charge < -0.3 is 29.5 Å². The summed E-state index contributed by atoms with van der Waals surface area (Å²) in [6.45, 7) is 0.694. The second-order valence-electron chi connectivity index (χ2n) is 15.5. The molecule has 1 saturated carbocycles. The minimum absolute atomic E-state index is 0.110. The van der Waals surface area contributed by atoms with E-state index in [1.165, 1.54) is 0 Å². The van der Waals surface area contributed by atoms with Crippen LogP contribution in [0.2, 0.25) is 0 Å². The van der Waals surface area contributed by atoms with Gasteiger partial charge >= 0.3 is 11.9 Å². The van der Waals surface area contributed by atoms with Gasteiger partial charge in [-0.1, -0.05) is 121 Å². The van der Waals surface area contributed by atoms with E-state index >= 15 is 0 Å². The predicted octanol–water partition coefficient (Wildman–Crippen LogP) is 10.1. The fourth-order valence-corrected chi connectivity index (χ4v) is 9.67. The largest absolute Gasteiger partial charge is 0.481 e. The molecule has 2 N–H and O–H groups in total. The summed E-state index contributed by atoms with van der Waals surface area (Å²) >= 11 is 3.24. The van der Waals surface area contributed by atoms with Crippen molar-refractivity contribution in [2.24, 2.45) is 23.7 Å². The lowest BCUT2D eigenvalue weighted by Gasteiger charge is -2.48. The second kappa shape index (κ2) is 22.7. The van der Waals surface area contributed by atoms with Crippen LogP contribution in [0.5, 0.6) is 23.0 Å². The van der Waals surface area contributed by atoms with Gasteiger partial charge in [0.25, 0.3) is 0 Å². The molecule has 6 aromatic rings. The maximum absolute atomic E-state index is 14.7. The third-order valence-electron chi connectivity index (χ3n) is 11.1. The number of carbonyl (C=O) groups excluding carboxylic acids is 2. The molecule has 12 heteroatoms. The molecule has 0 bridgehead atoms. The highest BCUT2D eigenvalue weighted by Crippen LogP contribution is 2.49. The van der Waals surface area contributed by atoms with E-state index in [0.717, 1.165) is 22.3 Å². The Morgan fingerprint density at radius 3 is 1.05 bits per heavy atom. The van der Waals surface area contributed by atoms with E-state index in [4.69, 9.17) is 9.47 Å². The van der Waals surface area contributed by atoms with Crippen LogP contribution in [0.4, 0.5) is 0 Å². The van der Waals surface area contributed by atoms with Gasteiger partial charge in [0.15, 0.2) is 0 Å². The molecular formula is C52H50N2O8S2. The minimum Gasteiger partial charge on any atom is -0.481 e. The van der Waals surface area contributed by atoms with Gasteiger partial charge in [-0.15, -0.1) is 0 Å². The summed E-state index contributed by atoms with van der Waals surface area (Å²) < 4.78 is 11.9. The number of nitrogens with zero attached hydrogens (tertiary/aromatic N) is 2. The molecule has 1 fully saturated rings. The van der Waals surface area contributed by atoms with Crippen LogP contribution < -0.4 is 9.47 Å². The second-order valence-corrected chi connectivity index (χ2v) is 17.7. The van der Waals surface area contributed by atoms with Crippen molar-refractivity contribution >= 4 is 47.3 Å². The van der Waals surface area contributed by atoms with Crippen LogP contribution >= 0.6 is 23.5 Å². The Balaban J connectivity index is 1.10. The Morgan fingerprint density at radius 2 is 0.719 bits per heavy atom. The van der Waals surface area contributed by atoms with Crippen molar-refractivity contribution in [2.45, 2.75) is 24.6 Å². The fourth-order valence-electron chi connectivity index (χ4n) is 7.83. The van der Waals surface area contributed by atoms with E-state index < -0.39 is 47.4 Å². The summed E-state index contributed by atoms with van der Waals surface area (Å²) in [4.78, 5) is 58.8. The van der Waals surface area contributed by atoms with Gasteiger partial charge in [0.05, 0.1) is 23.7 Å². The summed E-state index contributed by atoms with van der Waals surface area (Å²) in [6.07, 6.45) is 0. The predicted molar refractivity (Wildman–Crippen MR) is 251 cm³/mol. The van der Waals surface area contributed by atoms with Crippen LogP contribution in [0, 0.1) is 23.7 Å². The van der Waals surface area contributed by atoms with Crippen molar-refractivity contribution in [1.82, 2.24) is 9.80 Å². The summed E-state index contributed by atoms with van der Waals surface area (Å²) in [5.74, 6) is -4.96. The normalized spacial score (nSPS) is 16.5. The highest BCUT2D eigenvalue weighted by atomic mass is 32.2. The number of hydrogen-bond donors (Lipinski definition) is 2. The Kier molecular flexibility index (Phi) is 16.2. The average molecular weight is 895 g/mol. The van der Waals surface area contributed by atoms with Crippen molar-refractivity contribution in [3.63, 3.8) is 0 Å². The first-order valence-corrected chi connectivity index (χ1v) is 23.4. The van der Waals surface area contributed by atoms with Gasteiger partial charge in [-0.2, -0.15) is 23.5 Å². The standard InChI is InChI=1S/C52H50N2O8S2/c55-49(53(29-31-63-35-39-13-5-1-6-14-39)33-37-21-25-43(26-22-37)61-41-17-9-3-10-18-41)45-47(51(57)58)46(48(45)52(59)60)50(56)54(30-32-64-36-40-15-7-2-8-16-40)34-38-23-27-44(28-24-38)62-42-19-11-4-12-20-42/h1-28,45-48H,29-36H2,(H,57,58)(H,59,60)/t45-,46-,47-,48-. The molecule has 0 aromatic heterocycles. The van der Waals surface area contributed by atoms with Crippen molar-refractivity contribution in [1.29, 1.82) is 0 Å². The van der Waals surface area contributed by atoms with Crippen LogP contribution in [0.25, 0.3) is 0 Å². The Morgan fingerprint density at radius 1 is 0.406 bits per heavy atom. The molecule has 0 heterocycles. The number of amides is 2. The molecule has 0 atom stereocenters. The van der Waals surface area contributed by atoms with Crippen LogP contribution in [0.15, 0.2) is 170 Å². The Hall–Kier alpha value is -6.50. The summed E-state index contributed by atoms with van der Waals surface area (Å²) in [6, 6.07) is 53.1. The number of para-hydroxylation sites is 2. The van der Waals surface area contributed by atoms with Gasteiger partial charge in [0, 0.05) is 49.2 Å². The lowest BCUT2D eigenvalue weighted by atomic mass is 9.55. The summed E-state index contributed by atoms with van der Waals surface area (Å²) in [5.41, 5.74) is 3.76. The van der Waals surface area contributed by atoms with Crippen LogP contribution in [-0.2, 0) is 43.8 Å². The third kappa shape index (κ3) is 12.4. The van der Waals surface area contributed by atoms with E-state index in [-0.39, 0.29) is 26.2 Å². The van der Waals surface area contributed by atoms with Crippen molar-refractivity contribution in [2.75, 3.05) is 24.6 Å². The van der Waals surface area contributed by atoms with Crippen LogP contribution in [0.3, 0.4) is 0 Å². The minimum atomic E-state index is -1.54. The Bertz CT molecular complexity index is 2250. The van der Waals surface area contributed by atoms with E-state index in [1.54, 1.807) is 57.6 Å². The Labute approximate surface area is 382 Å². The highest BCUT2D eigenvalue weighted by molar-refractivity contribution is 7.98. The molecule has 0 unspecified atom stereocenters. The van der Waals surface area contributed by atoms with Crippen LogP contribution in [-0.4, -0.2) is 68.4 Å². The van der Waals surface area contributed by atoms with Gasteiger partial charge in [-0.25, -0.2) is 0 Å². The quantitative estimate of drug-likeness (QED) is 0.0635. The number of aliphatic carboxylic acids is 2. The summed E-state index contributed by atoms with van der Waals surface area (Å²) in [5, 5.41) is 21.5. The fraction of sp³-hybridized carbons (Fsp3) is 0.231. The first-order valence-electron chi connectivity index (χ1n) is 21.1. The number of benzene rings is 6. The molecule has 7 rings (SSSR count). The number of carbonyl (C=O) groups is 4. The maximum atomic E-state index is 14.7. The average Bonchev–Trinajstić information content (AvgIpc) is 3.30. The van der Waals surface area contributed by atoms with Crippen LogP contribution in [0.1, 0.15) is 22.3 Å². The molecule has 1 aliphatic carbocycles. The molecule has 0 spiro atoms. The number of carboxylic acid groups (broad SMARTS) is 2. The first-order chi connectivity index (χ1) is 31.2. The molecular weight excluding hydrogens is 845 g/mol. The van der Waals surface area contributed by atoms with Gasteiger partial charge in [0.2, 0.25) is 11.8 Å². The highest BCUT2D eigenvalue weighted by Gasteiger charge is 2.64. The van der Waals surface area contributed by atoms with E-state index in [0.29, 0.717) is 46.0 Å². The number of rotatable bonds is 22. The third-order valence-corrected chi connectivity index (χ3v) is 13.1. The van der Waals surface area contributed by atoms with E-state index in [1.807, 2.05) is 146 Å². The molecule has 328 valence electrons. The molecule has 0 radical (unpaired) electrons.